The Labute approximate surface area is 94.9 Å². The highest BCUT2D eigenvalue weighted by molar-refractivity contribution is 5.91. The molecular weight excluding hydrogens is 222 g/mol. The SMILES string of the molecule is O=C(O)c1coc(-c2ccnc3[nH]ccc23)n1. The number of hydrogen-bond donors (Lipinski definition) is 2. The highest BCUT2D eigenvalue weighted by Crippen LogP contribution is 2.26. The molecule has 84 valence electrons. The minimum absolute atomic E-state index is 0.111. The van der Waals surface area contributed by atoms with Crippen molar-refractivity contribution in [2.45, 2.75) is 0 Å². The second kappa shape index (κ2) is 3.44. The van der Waals surface area contributed by atoms with Crippen molar-refractivity contribution in [3.63, 3.8) is 0 Å². The maximum absolute atomic E-state index is 10.7. The predicted octanol–water partition coefficient (Wildman–Crippen LogP) is 1.92. The molecule has 0 saturated carbocycles. The number of hydrogen-bond acceptors (Lipinski definition) is 4. The number of carboxylic acids is 1. The summed E-state index contributed by atoms with van der Waals surface area (Å²) in [4.78, 5) is 21.7. The van der Waals surface area contributed by atoms with Gasteiger partial charge in [0.2, 0.25) is 5.89 Å². The summed E-state index contributed by atoms with van der Waals surface area (Å²) in [5.74, 6) is -0.839. The molecule has 0 aliphatic rings. The van der Waals surface area contributed by atoms with Crippen LogP contribution in [0.4, 0.5) is 0 Å². The van der Waals surface area contributed by atoms with Crippen LogP contribution in [-0.4, -0.2) is 26.0 Å². The third-order valence-electron chi connectivity index (χ3n) is 2.41. The molecule has 6 nitrogen and oxygen atoms in total. The number of rotatable bonds is 2. The predicted molar refractivity (Wildman–Crippen MR) is 58.6 cm³/mol. The number of carboxylic acid groups (broad SMARTS) is 1. The molecule has 0 atom stereocenters. The Hall–Kier alpha value is -2.63. The molecule has 0 bridgehead atoms. The molecule has 0 aromatic carbocycles. The van der Waals surface area contributed by atoms with Crippen LogP contribution in [-0.2, 0) is 0 Å². The lowest BCUT2D eigenvalue weighted by atomic mass is 10.2. The zero-order valence-corrected chi connectivity index (χ0v) is 8.54. The number of aromatic nitrogens is 3. The molecule has 3 aromatic heterocycles. The first-order chi connectivity index (χ1) is 8.25. The summed E-state index contributed by atoms with van der Waals surface area (Å²) in [6.45, 7) is 0. The number of nitrogens with one attached hydrogen (secondary N) is 1. The van der Waals surface area contributed by atoms with Gasteiger partial charge in [0.25, 0.3) is 0 Å². The van der Waals surface area contributed by atoms with Crippen molar-refractivity contribution < 1.29 is 14.3 Å². The van der Waals surface area contributed by atoms with Gasteiger partial charge in [-0.1, -0.05) is 0 Å². The number of oxazole rings is 1. The van der Waals surface area contributed by atoms with Crippen LogP contribution < -0.4 is 0 Å². The van der Waals surface area contributed by atoms with Crippen molar-refractivity contribution in [2.24, 2.45) is 0 Å². The number of nitrogens with zero attached hydrogens (tertiary/aromatic N) is 2. The largest absolute Gasteiger partial charge is 0.476 e. The number of fused-ring (bicyclic) bond motifs is 1. The first-order valence-corrected chi connectivity index (χ1v) is 4.87. The summed E-state index contributed by atoms with van der Waals surface area (Å²) in [6.07, 6.45) is 4.48. The molecule has 0 aliphatic carbocycles. The maximum atomic E-state index is 10.7. The monoisotopic (exact) mass is 229 g/mol. The van der Waals surface area contributed by atoms with Gasteiger partial charge in [0.15, 0.2) is 5.69 Å². The lowest BCUT2D eigenvalue weighted by molar-refractivity contribution is 0.0690. The average molecular weight is 229 g/mol. The molecule has 2 N–H and O–H groups in total. The van der Waals surface area contributed by atoms with Gasteiger partial charge in [0.1, 0.15) is 11.9 Å². The van der Waals surface area contributed by atoms with Crippen LogP contribution in [0.5, 0.6) is 0 Å². The first-order valence-electron chi connectivity index (χ1n) is 4.87. The van der Waals surface area contributed by atoms with E-state index in [2.05, 4.69) is 15.0 Å². The summed E-state index contributed by atoms with van der Waals surface area (Å²) in [5.41, 5.74) is 1.31. The lowest BCUT2D eigenvalue weighted by Crippen LogP contribution is -1.95. The average Bonchev–Trinajstić information content (AvgIpc) is 2.97. The number of pyridine rings is 1. The minimum atomic E-state index is -1.11. The van der Waals surface area contributed by atoms with Gasteiger partial charge in [0.05, 0.1) is 0 Å². The molecule has 0 amide bonds. The summed E-state index contributed by atoms with van der Waals surface area (Å²) >= 11 is 0. The quantitative estimate of drug-likeness (QED) is 0.700. The van der Waals surface area contributed by atoms with Gasteiger partial charge in [-0.15, -0.1) is 0 Å². The molecule has 3 heterocycles. The highest BCUT2D eigenvalue weighted by Gasteiger charge is 2.14. The fourth-order valence-electron chi connectivity index (χ4n) is 1.64. The zero-order chi connectivity index (χ0) is 11.8. The number of aromatic amines is 1. The molecule has 0 spiro atoms. The van der Waals surface area contributed by atoms with Crippen LogP contribution in [0.3, 0.4) is 0 Å². The van der Waals surface area contributed by atoms with E-state index in [9.17, 15) is 4.79 Å². The van der Waals surface area contributed by atoms with Gasteiger partial charge >= 0.3 is 5.97 Å². The van der Waals surface area contributed by atoms with E-state index < -0.39 is 5.97 Å². The van der Waals surface area contributed by atoms with Crippen LogP contribution in [0, 0.1) is 0 Å². The Bertz CT molecular complexity index is 699. The summed E-state index contributed by atoms with van der Waals surface area (Å²) in [7, 11) is 0. The molecule has 0 radical (unpaired) electrons. The van der Waals surface area contributed by atoms with E-state index >= 15 is 0 Å². The van der Waals surface area contributed by atoms with Crippen molar-refractivity contribution in [1.29, 1.82) is 0 Å². The van der Waals surface area contributed by atoms with Crippen LogP contribution in [0.2, 0.25) is 0 Å². The Morgan fingerprint density at radius 3 is 3.06 bits per heavy atom. The van der Waals surface area contributed by atoms with Crippen molar-refractivity contribution in [3.8, 4) is 11.5 Å². The number of aromatic carboxylic acids is 1. The fraction of sp³-hybridized carbons (Fsp3) is 0. The molecule has 0 aliphatic heterocycles. The molecule has 0 unspecified atom stereocenters. The van der Waals surface area contributed by atoms with Crippen LogP contribution in [0.25, 0.3) is 22.5 Å². The van der Waals surface area contributed by atoms with E-state index in [1.165, 1.54) is 0 Å². The van der Waals surface area contributed by atoms with E-state index in [0.717, 1.165) is 11.6 Å². The molecule has 0 saturated heterocycles. The topological polar surface area (TPSA) is 92.0 Å². The molecule has 0 fully saturated rings. The van der Waals surface area contributed by atoms with E-state index in [1.807, 2.05) is 6.07 Å². The summed E-state index contributed by atoms with van der Waals surface area (Å²) in [5, 5.41) is 9.62. The van der Waals surface area contributed by atoms with Crippen LogP contribution in [0.1, 0.15) is 10.5 Å². The highest BCUT2D eigenvalue weighted by atomic mass is 16.4. The van der Waals surface area contributed by atoms with Crippen molar-refractivity contribution in [1.82, 2.24) is 15.0 Å². The third kappa shape index (κ3) is 1.46. The molecular formula is C11H7N3O3. The minimum Gasteiger partial charge on any atom is -0.476 e. The number of carbonyl (C=O) groups is 1. The number of H-pyrrole nitrogens is 1. The molecule has 6 heteroatoms. The molecule has 3 rings (SSSR count). The standard InChI is InChI=1S/C11H7N3O3/c15-11(16)8-5-17-10(14-8)7-2-4-13-9-6(7)1-3-12-9/h1-5H,(H,12,13)(H,15,16). The van der Waals surface area contributed by atoms with Gasteiger partial charge in [-0.05, 0) is 12.1 Å². The molecule has 3 aromatic rings. The molecule has 17 heavy (non-hydrogen) atoms. The van der Waals surface area contributed by atoms with E-state index in [1.54, 1.807) is 18.5 Å². The lowest BCUT2D eigenvalue weighted by Gasteiger charge is -1.96. The van der Waals surface area contributed by atoms with Gasteiger partial charge in [-0.3, -0.25) is 0 Å². The Balaban J connectivity index is 2.19. The van der Waals surface area contributed by atoms with E-state index in [4.69, 9.17) is 9.52 Å². The van der Waals surface area contributed by atoms with Gasteiger partial charge < -0.3 is 14.5 Å². The summed E-state index contributed by atoms with van der Waals surface area (Å²) in [6, 6.07) is 3.57. The van der Waals surface area contributed by atoms with Gasteiger partial charge in [-0.2, -0.15) is 0 Å². The van der Waals surface area contributed by atoms with E-state index in [0.29, 0.717) is 11.2 Å². The fourth-order valence-corrected chi connectivity index (χ4v) is 1.64. The third-order valence-corrected chi connectivity index (χ3v) is 2.41. The van der Waals surface area contributed by atoms with Crippen LogP contribution >= 0.6 is 0 Å². The second-order valence-corrected chi connectivity index (χ2v) is 3.44. The normalized spacial score (nSPS) is 10.8. The van der Waals surface area contributed by atoms with Gasteiger partial charge in [-0.25, -0.2) is 14.8 Å². The first kappa shape index (κ1) is 9.59. The Kier molecular flexibility index (Phi) is 1.94. The Morgan fingerprint density at radius 1 is 1.41 bits per heavy atom. The van der Waals surface area contributed by atoms with E-state index in [-0.39, 0.29) is 11.6 Å². The second-order valence-electron chi connectivity index (χ2n) is 3.44. The van der Waals surface area contributed by atoms with Gasteiger partial charge in [0, 0.05) is 23.3 Å². The summed E-state index contributed by atoms with van der Waals surface area (Å²) < 4.78 is 5.16. The van der Waals surface area contributed by atoms with Crippen LogP contribution in [0.15, 0.2) is 35.2 Å². The zero-order valence-electron chi connectivity index (χ0n) is 8.54. The Morgan fingerprint density at radius 2 is 2.29 bits per heavy atom. The van der Waals surface area contributed by atoms with Crippen molar-refractivity contribution in [2.75, 3.05) is 0 Å². The maximum Gasteiger partial charge on any atom is 0.357 e. The smallest absolute Gasteiger partial charge is 0.357 e. The van der Waals surface area contributed by atoms with Crippen molar-refractivity contribution >= 4 is 17.0 Å². The van der Waals surface area contributed by atoms with Crippen molar-refractivity contribution in [3.05, 3.63) is 36.5 Å².